The van der Waals surface area contributed by atoms with Crippen molar-refractivity contribution in [1.82, 2.24) is 4.90 Å². The van der Waals surface area contributed by atoms with Crippen LogP contribution >= 0.6 is 0 Å². The van der Waals surface area contributed by atoms with E-state index in [4.69, 9.17) is 9.47 Å². The van der Waals surface area contributed by atoms with Crippen LogP contribution in [-0.4, -0.2) is 49.3 Å². The predicted octanol–water partition coefficient (Wildman–Crippen LogP) is 4.87. The van der Waals surface area contributed by atoms with Crippen LogP contribution in [0.1, 0.15) is 65.7 Å². The van der Waals surface area contributed by atoms with Crippen molar-refractivity contribution in [1.29, 1.82) is 0 Å². The first-order valence-corrected chi connectivity index (χ1v) is 11.0. The van der Waals surface area contributed by atoms with E-state index >= 15 is 0 Å². The second kappa shape index (κ2) is 12.1. The molecule has 5 nitrogen and oxygen atoms in total. The van der Waals surface area contributed by atoms with E-state index in [2.05, 4.69) is 24.1 Å². The van der Waals surface area contributed by atoms with Gasteiger partial charge in [0.15, 0.2) is 0 Å². The Labute approximate surface area is 170 Å². The van der Waals surface area contributed by atoms with Gasteiger partial charge in [-0.3, -0.25) is 4.79 Å². The molecule has 1 saturated heterocycles. The number of carbonyl (C=O) groups is 1. The van der Waals surface area contributed by atoms with Gasteiger partial charge in [-0.05, 0) is 76.4 Å². The van der Waals surface area contributed by atoms with Gasteiger partial charge in [-0.1, -0.05) is 26.7 Å². The second-order valence-electron chi connectivity index (χ2n) is 7.91. The van der Waals surface area contributed by atoms with Gasteiger partial charge < -0.3 is 19.7 Å². The van der Waals surface area contributed by atoms with E-state index in [1.165, 1.54) is 25.9 Å². The van der Waals surface area contributed by atoms with E-state index in [9.17, 15) is 4.79 Å². The molecule has 0 saturated carbocycles. The lowest BCUT2D eigenvalue weighted by Crippen LogP contribution is -2.43. The molecule has 0 unspecified atom stereocenters. The fraction of sp³-hybridized carbons (Fsp3) is 0.696. The van der Waals surface area contributed by atoms with Crippen molar-refractivity contribution in [2.75, 3.05) is 38.2 Å². The van der Waals surface area contributed by atoms with Crippen LogP contribution in [-0.2, 0) is 9.53 Å². The molecular formula is C23H38N2O3. The number of nitrogens with one attached hydrogen (secondary N) is 1. The Morgan fingerprint density at radius 2 is 1.79 bits per heavy atom. The Morgan fingerprint density at radius 1 is 1.07 bits per heavy atom. The molecule has 1 fully saturated rings. The molecule has 0 spiro atoms. The van der Waals surface area contributed by atoms with Crippen LogP contribution < -0.4 is 10.1 Å². The number of ether oxygens (including phenoxy) is 2. The third kappa shape index (κ3) is 7.44. The van der Waals surface area contributed by atoms with Crippen molar-refractivity contribution in [3.05, 3.63) is 24.3 Å². The minimum absolute atomic E-state index is 0.0753. The van der Waals surface area contributed by atoms with E-state index in [-0.39, 0.29) is 5.91 Å². The van der Waals surface area contributed by atoms with Crippen LogP contribution in [0.3, 0.4) is 0 Å². The molecule has 158 valence electrons. The summed E-state index contributed by atoms with van der Waals surface area (Å²) in [6.07, 6.45) is 7.35. The van der Waals surface area contributed by atoms with Crippen LogP contribution in [0.15, 0.2) is 24.3 Å². The number of benzene rings is 1. The van der Waals surface area contributed by atoms with E-state index in [1.807, 2.05) is 31.2 Å². The molecule has 2 rings (SSSR count). The van der Waals surface area contributed by atoms with Gasteiger partial charge in [-0.25, -0.2) is 0 Å². The third-order valence-electron chi connectivity index (χ3n) is 5.31. The monoisotopic (exact) mass is 390 g/mol. The SMILES string of the molecule is CCCC[C@](C)(OCCC)C(=O)Nc1ccc(OCCCN2CCCC2)cc1. The highest BCUT2D eigenvalue weighted by atomic mass is 16.5. The first-order valence-electron chi connectivity index (χ1n) is 11.0. The first kappa shape index (κ1) is 22.7. The molecule has 1 heterocycles. The number of carbonyl (C=O) groups excluding carboxylic acids is 1. The maximum atomic E-state index is 12.8. The smallest absolute Gasteiger partial charge is 0.256 e. The molecule has 0 aromatic heterocycles. The zero-order chi connectivity index (χ0) is 20.2. The Kier molecular flexibility index (Phi) is 9.79. The summed E-state index contributed by atoms with van der Waals surface area (Å²) >= 11 is 0. The number of rotatable bonds is 13. The Hall–Kier alpha value is -1.59. The molecule has 0 bridgehead atoms. The van der Waals surface area contributed by atoms with Crippen molar-refractivity contribution >= 4 is 11.6 Å². The minimum Gasteiger partial charge on any atom is -0.494 e. The van der Waals surface area contributed by atoms with Gasteiger partial charge in [0.1, 0.15) is 11.4 Å². The Bertz CT molecular complexity index is 560. The summed E-state index contributed by atoms with van der Waals surface area (Å²) in [6.45, 7) is 11.0. The number of unbranched alkanes of at least 4 members (excludes halogenated alkanes) is 1. The van der Waals surface area contributed by atoms with Gasteiger partial charge in [0.05, 0.1) is 6.61 Å². The topological polar surface area (TPSA) is 50.8 Å². The van der Waals surface area contributed by atoms with Crippen molar-refractivity contribution in [3.8, 4) is 5.75 Å². The molecule has 1 aliphatic heterocycles. The second-order valence-corrected chi connectivity index (χ2v) is 7.91. The van der Waals surface area contributed by atoms with Gasteiger partial charge in [0.25, 0.3) is 5.91 Å². The first-order chi connectivity index (χ1) is 13.6. The summed E-state index contributed by atoms with van der Waals surface area (Å²) in [6, 6.07) is 7.63. The van der Waals surface area contributed by atoms with Gasteiger partial charge in [0.2, 0.25) is 0 Å². The molecule has 1 atom stereocenters. The molecular weight excluding hydrogens is 352 g/mol. The van der Waals surface area contributed by atoms with Crippen molar-refractivity contribution in [3.63, 3.8) is 0 Å². The van der Waals surface area contributed by atoms with Crippen LogP contribution in [0.4, 0.5) is 5.69 Å². The molecule has 0 aliphatic carbocycles. The van der Waals surface area contributed by atoms with Crippen molar-refractivity contribution in [2.24, 2.45) is 0 Å². The van der Waals surface area contributed by atoms with Crippen LogP contribution in [0.25, 0.3) is 0 Å². The number of anilines is 1. The molecule has 5 heteroatoms. The zero-order valence-corrected chi connectivity index (χ0v) is 18.0. The van der Waals surface area contributed by atoms with E-state index in [0.717, 1.165) is 56.7 Å². The zero-order valence-electron chi connectivity index (χ0n) is 18.0. The lowest BCUT2D eigenvalue weighted by atomic mass is 9.97. The summed E-state index contributed by atoms with van der Waals surface area (Å²) in [5, 5.41) is 3.01. The van der Waals surface area contributed by atoms with E-state index in [0.29, 0.717) is 6.61 Å². The Balaban J connectivity index is 1.79. The molecule has 0 radical (unpaired) electrons. The average Bonchev–Trinajstić information content (AvgIpc) is 3.23. The normalized spacial score (nSPS) is 16.7. The van der Waals surface area contributed by atoms with Crippen molar-refractivity contribution in [2.45, 2.75) is 71.3 Å². The van der Waals surface area contributed by atoms with Crippen LogP contribution in [0, 0.1) is 0 Å². The summed E-state index contributed by atoms with van der Waals surface area (Å²) in [5.74, 6) is 0.768. The van der Waals surface area contributed by atoms with Gasteiger partial charge in [-0.2, -0.15) is 0 Å². The fourth-order valence-corrected chi connectivity index (χ4v) is 3.47. The van der Waals surface area contributed by atoms with Gasteiger partial charge >= 0.3 is 0 Å². The number of nitrogens with zero attached hydrogens (tertiary/aromatic N) is 1. The van der Waals surface area contributed by atoms with Crippen molar-refractivity contribution < 1.29 is 14.3 Å². The average molecular weight is 391 g/mol. The molecule has 28 heavy (non-hydrogen) atoms. The van der Waals surface area contributed by atoms with Crippen LogP contribution in [0.5, 0.6) is 5.75 Å². The summed E-state index contributed by atoms with van der Waals surface area (Å²) in [5.41, 5.74) is -0.00577. The Morgan fingerprint density at radius 3 is 2.43 bits per heavy atom. The predicted molar refractivity (Wildman–Crippen MR) is 115 cm³/mol. The lowest BCUT2D eigenvalue weighted by molar-refractivity contribution is -0.140. The molecule has 1 aromatic rings. The molecule has 1 amide bonds. The minimum atomic E-state index is -0.781. The van der Waals surface area contributed by atoms with Crippen LogP contribution in [0.2, 0.25) is 0 Å². The largest absolute Gasteiger partial charge is 0.494 e. The molecule has 1 aromatic carbocycles. The summed E-state index contributed by atoms with van der Waals surface area (Å²) in [7, 11) is 0. The number of hydrogen-bond donors (Lipinski definition) is 1. The third-order valence-corrected chi connectivity index (χ3v) is 5.31. The number of likely N-dealkylation sites (tertiary alicyclic amines) is 1. The highest BCUT2D eigenvalue weighted by Gasteiger charge is 2.33. The summed E-state index contributed by atoms with van der Waals surface area (Å²) in [4.78, 5) is 15.3. The maximum Gasteiger partial charge on any atom is 0.256 e. The van der Waals surface area contributed by atoms with Gasteiger partial charge in [-0.15, -0.1) is 0 Å². The lowest BCUT2D eigenvalue weighted by Gasteiger charge is -2.28. The highest BCUT2D eigenvalue weighted by Crippen LogP contribution is 2.23. The number of hydrogen-bond acceptors (Lipinski definition) is 4. The maximum absolute atomic E-state index is 12.8. The van der Waals surface area contributed by atoms with E-state index < -0.39 is 5.60 Å². The van der Waals surface area contributed by atoms with Gasteiger partial charge in [0, 0.05) is 18.8 Å². The quantitative estimate of drug-likeness (QED) is 0.489. The fourth-order valence-electron chi connectivity index (χ4n) is 3.47. The molecule has 1 aliphatic rings. The standard InChI is InChI=1S/C23H38N2O3/c1-4-6-14-23(3,28-18-5-2)22(26)24-20-10-12-21(13-11-20)27-19-9-17-25-15-7-8-16-25/h10-13H,4-9,14-19H2,1-3H3,(H,24,26)/t23-/m0/s1. The van der Waals surface area contributed by atoms with E-state index in [1.54, 1.807) is 0 Å². The number of amides is 1. The summed E-state index contributed by atoms with van der Waals surface area (Å²) < 4.78 is 11.7. The highest BCUT2D eigenvalue weighted by molar-refractivity contribution is 5.97. The molecule has 1 N–H and O–H groups in total.